The van der Waals surface area contributed by atoms with Crippen LogP contribution < -0.4 is 5.32 Å². The van der Waals surface area contributed by atoms with Crippen molar-refractivity contribution in [3.8, 4) is 0 Å². The van der Waals surface area contributed by atoms with Gasteiger partial charge in [0, 0.05) is 22.7 Å². The fourth-order valence-electron chi connectivity index (χ4n) is 2.54. The number of anilines is 1. The number of nitrogens with one attached hydrogen (secondary N) is 2. The van der Waals surface area contributed by atoms with Gasteiger partial charge in [0.2, 0.25) is 0 Å². The van der Waals surface area contributed by atoms with Crippen molar-refractivity contribution in [3.63, 3.8) is 0 Å². The van der Waals surface area contributed by atoms with E-state index in [4.69, 9.17) is 0 Å². The molecule has 1 aromatic heterocycles. The average molecular weight is 329 g/mol. The Hall–Kier alpha value is -1.74. The Bertz CT molecular complexity index is 736. The Balaban J connectivity index is 1.82. The second kappa shape index (κ2) is 5.33. The number of fused-ring (bicyclic) bond motifs is 1. The van der Waals surface area contributed by atoms with Gasteiger partial charge in [-0.1, -0.05) is 12.1 Å². The highest BCUT2D eigenvalue weighted by atomic mass is 79.9. The van der Waals surface area contributed by atoms with Crippen LogP contribution in [0.2, 0.25) is 0 Å². The van der Waals surface area contributed by atoms with Crippen LogP contribution in [0.4, 0.5) is 5.69 Å². The van der Waals surface area contributed by atoms with Crippen molar-refractivity contribution in [3.05, 3.63) is 63.8 Å². The lowest BCUT2D eigenvalue weighted by atomic mass is 10.1. The number of H-pyrrole nitrogens is 1. The summed E-state index contributed by atoms with van der Waals surface area (Å²) in [6.07, 6.45) is 1.97. The zero-order chi connectivity index (χ0) is 14.1. The van der Waals surface area contributed by atoms with Gasteiger partial charge in [0.1, 0.15) is 0 Å². The third-order valence-corrected chi connectivity index (χ3v) is 4.14. The summed E-state index contributed by atoms with van der Waals surface area (Å²) in [6.45, 7) is 5.07. The molecule has 0 saturated carbocycles. The molecular weight excluding hydrogens is 312 g/mol. The van der Waals surface area contributed by atoms with Crippen molar-refractivity contribution >= 4 is 32.5 Å². The van der Waals surface area contributed by atoms with Crippen LogP contribution in [0.15, 0.2) is 47.1 Å². The molecule has 0 atom stereocenters. The number of halogens is 1. The molecule has 2 N–H and O–H groups in total. The van der Waals surface area contributed by atoms with E-state index in [1.807, 2.05) is 6.20 Å². The van der Waals surface area contributed by atoms with Gasteiger partial charge in [-0.3, -0.25) is 0 Å². The first-order valence-electron chi connectivity index (χ1n) is 6.70. The summed E-state index contributed by atoms with van der Waals surface area (Å²) < 4.78 is 1.12. The molecule has 1 heterocycles. The van der Waals surface area contributed by atoms with E-state index in [0.29, 0.717) is 0 Å². The summed E-state index contributed by atoms with van der Waals surface area (Å²) in [5.74, 6) is 0. The third-order valence-electron chi connectivity index (χ3n) is 3.52. The Labute approximate surface area is 127 Å². The number of aromatic amines is 1. The van der Waals surface area contributed by atoms with E-state index < -0.39 is 0 Å². The Kier molecular flexibility index (Phi) is 3.53. The summed E-state index contributed by atoms with van der Waals surface area (Å²) in [6, 6.07) is 12.9. The van der Waals surface area contributed by atoms with Gasteiger partial charge in [0.25, 0.3) is 0 Å². The van der Waals surface area contributed by atoms with Crippen molar-refractivity contribution in [1.29, 1.82) is 0 Å². The van der Waals surface area contributed by atoms with Gasteiger partial charge < -0.3 is 10.3 Å². The van der Waals surface area contributed by atoms with Gasteiger partial charge in [-0.2, -0.15) is 0 Å². The molecule has 20 heavy (non-hydrogen) atoms. The van der Waals surface area contributed by atoms with Crippen molar-refractivity contribution in [1.82, 2.24) is 4.98 Å². The standard InChI is InChI=1S/C17H17BrN2/c1-11-7-12(2)17(15(18)8-11)20-10-13-3-4-16-14(9-13)5-6-19-16/h3-9,19-20H,10H2,1-2H3. The van der Waals surface area contributed by atoms with Crippen LogP contribution in [0.3, 0.4) is 0 Å². The smallest absolute Gasteiger partial charge is 0.0517 e. The molecule has 0 aliphatic heterocycles. The fraction of sp³-hybridized carbons (Fsp3) is 0.176. The van der Waals surface area contributed by atoms with E-state index >= 15 is 0 Å². The Morgan fingerprint density at radius 3 is 2.75 bits per heavy atom. The second-order valence-electron chi connectivity index (χ2n) is 5.19. The normalized spacial score (nSPS) is 10.9. The number of hydrogen-bond donors (Lipinski definition) is 2. The number of aromatic nitrogens is 1. The minimum atomic E-state index is 0.823. The molecule has 0 bridgehead atoms. The second-order valence-corrected chi connectivity index (χ2v) is 6.05. The lowest BCUT2D eigenvalue weighted by Crippen LogP contribution is -2.02. The number of benzene rings is 2. The van der Waals surface area contributed by atoms with Crippen LogP contribution >= 0.6 is 15.9 Å². The quantitative estimate of drug-likeness (QED) is 0.682. The topological polar surface area (TPSA) is 27.8 Å². The molecule has 2 aromatic carbocycles. The van der Waals surface area contributed by atoms with Gasteiger partial charge in [-0.05, 0) is 76.1 Å². The van der Waals surface area contributed by atoms with Crippen LogP contribution in [0.1, 0.15) is 16.7 Å². The lowest BCUT2D eigenvalue weighted by molar-refractivity contribution is 1.14. The molecular formula is C17H17BrN2. The molecule has 0 aliphatic carbocycles. The zero-order valence-electron chi connectivity index (χ0n) is 11.6. The average Bonchev–Trinajstić information content (AvgIpc) is 2.84. The van der Waals surface area contributed by atoms with E-state index in [-0.39, 0.29) is 0 Å². The fourth-order valence-corrected chi connectivity index (χ4v) is 3.36. The highest BCUT2D eigenvalue weighted by Crippen LogP contribution is 2.28. The molecule has 2 nitrogen and oxygen atoms in total. The molecule has 0 amide bonds. The molecule has 3 aromatic rings. The number of aryl methyl sites for hydroxylation is 2. The van der Waals surface area contributed by atoms with Gasteiger partial charge in [-0.15, -0.1) is 0 Å². The van der Waals surface area contributed by atoms with Crippen molar-refractivity contribution in [2.45, 2.75) is 20.4 Å². The van der Waals surface area contributed by atoms with Crippen molar-refractivity contribution in [2.75, 3.05) is 5.32 Å². The van der Waals surface area contributed by atoms with Crippen LogP contribution in [0.25, 0.3) is 10.9 Å². The highest BCUT2D eigenvalue weighted by Gasteiger charge is 2.05. The van der Waals surface area contributed by atoms with Gasteiger partial charge in [0.05, 0.1) is 5.69 Å². The van der Waals surface area contributed by atoms with Gasteiger partial charge >= 0.3 is 0 Å². The van der Waals surface area contributed by atoms with Crippen LogP contribution in [-0.2, 0) is 6.54 Å². The molecule has 0 fully saturated rings. The predicted octanol–water partition coefficient (Wildman–Crippen LogP) is 5.16. The minimum Gasteiger partial charge on any atom is -0.380 e. The molecule has 3 heteroatoms. The predicted molar refractivity (Wildman–Crippen MR) is 89.2 cm³/mol. The summed E-state index contributed by atoms with van der Waals surface area (Å²) in [5, 5.41) is 4.78. The van der Waals surface area contributed by atoms with Crippen molar-refractivity contribution in [2.24, 2.45) is 0 Å². The molecule has 0 radical (unpaired) electrons. The Morgan fingerprint density at radius 1 is 1.10 bits per heavy atom. The SMILES string of the molecule is Cc1cc(C)c(NCc2ccc3[nH]ccc3c2)c(Br)c1. The number of rotatable bonds is 3. The monoisotopic (exact) mass is 328 g/mol. The molecule has 0 saturated heterocycles. The largest absolute Gasteiger partial charge is 0.380 e. The Morgan fingerprint density at radius 2 is 1.95 bits per heavy atom. The first-order valence-corrected chi connectivity index (χ1v) is 7.49. The maximum Gasteiger partial charge on any atom is 0.0517 e. The maximum absolute atomic E-state index is 3.64. The first-order chi connectivity index (χ1) is 9.63. The van der Waals surface area contributed by atoms with Crippen molar-refractivity contribution < 1.29 is 0 Å². The molecule has 102 valence electrons. The molecule has 0 unspecified atom stereocenters. The zero-order valence-corrected chi connectivity index (χ0v) is 13.2. The first kappa shape index (κ1) is 13.3. The van der Waals surface area contributed by atoms with E-state index in [1.165, 1.54) is 33.3 Å². The van der Waals surface area contributed by atoms with Gasteiger partial charge in [0.15, 0.2) is 0 Å². The minimum absolute atomic E-state index is 0.823. The summed E-state index contributed by atoms with van der Waals surface area (Å²) in [5.41, 5.74) is 6.17. The van der Waals surface area contributed by atoms with Gasteiger partial charge in [-0.25, -0.2) is 0 Å². The van der Waals surface area contributed by atoms with E-state index in [0.717, 1.165) is 11.0 Å². The highest BCUT2D eigenvalue weighted by molar-refractivity contribution is 9.10. The van der Waals surface area contributed by atoms with E-state index in [1.54, 1.807) is 0 Å². The number of hydrogen-bond acceptors (Lipinski definition) is 1. The third kappa shape index (κ3) is 2.59. The molecule has 3 rings (SSSR count). The summed E-state index contributed by atoms with van der Waals surface area (Å²) >= 11 is 3.64. The summed E-state index contributed by atoms with van der Waals surface area (Å²) in [7, 11) is 0. The van der Waals surface area contributed by atoms with Crippen LogP contribution in [0, 0.1) is 13.8 Å². The van der Waals surface area contributed by atoms with Crippen LogP contribution in [0.5, 0.6) is 0 Å². The maximum atomic E-state index is 3.64. The summed E-state index contributed by atoms with van der Waals surface area (Å²) in [4.78, 5) is 3.22. The lowest BCUT2D eigenvalue weighted by Gasteiger charge is -2.13. The van der Waals surface area contributed by atoms with E-state index in [9.17, 15) is 0 Å². The van der Waals surface area contributed by atoms with E-state index in [2.05, 4.69) is 76.5 Å². The van der Waals surface area contributed by atoms with Crippen LogP contribution in [-0.4, -0.2) is 4.98 Å². The molecule has 0 aliphatic rings. The molecule has 0 spiro atoms.